The molecule has 0 bridgehead atoms. The molecule has 3 unspecified atom stereocenters. The Bertz CT molecular complexity index is 169. The third-order valence-corrected chi connectivity index (χ3v) is 3.04. The number of rotatable bonds is 8. The number of hydrogen-bond donors (Lipinski definition) is 3. The van der Waals surface area contributed by atoms with Crippen LogP contribution in [0.15, 0.2) is 0 Å². The van der Waals surface area contributed by atoms with Crippen LogP contribution in [0.25, 0.3) is 0 Å². The number of hydrogen-bond acceptors (Lipinski definition) is 3. The van der Waals surface area contributed by atoms with Gasteiger partial charge in [-0.05, 0) is 0 Å². The number of aliphatic hydroxyl groups is 2. The van der Waals surface area contributed by atoms with Crippen LogP contribution in [0.1, 0.15) is 0 Å². The van der Waals surface area contributed by atoms with Gasteiger partial charge in [-0.15, -0.1) is 23.2 Å². The van der Waals surface area contributed by atoms with Crippen molar-refractivity contribution in [3.05, 3.63) is 0 Å². The molecule has 0 aromatic carbocycles. The molecule has 0 aliphatic carbocycles. The quantitative estimate of drug-likeness (QED) is 0.366. The number of halogens is 2. The smallest absolute Gasteiger partial charge is 0.130 e. The first kappa shape index (κ1) is 13.5. The highest BCUT2D eigenvalue weighted by atomic mass is 35.5. The van der Waals surface area contributed by atoms with Crippen LogP contribution in [-0.4, -0.2) is 66.5 Å². The molecule has 1 saturated heterocycles. The van der Waals surface area contributed by atoms with E-state index in [0.29, 0.717) is 13.1 Å². The minimum Gasteiger partial charge on any atom is -0.386 e. The Balaban J connectivity index is 2.29. The molecule has 3 N–H and O–H groups in total. The highest BCUT2D eigenvalue weighted by molar-refractivity contribution is 6.18. The fourth-order valence-corrected chi connectivity index (χ4v) is 1.75. The fourth-order valence-electron chi connectivity index (χ4n) is 1.53. The van der Waals surface area contributed by atoms with E-state index in [4.69, 9.17) is 27.9 Å². The Morgan fingerprint density at radius 2 is 1.67 bits per heavy atom. The van der Waals surface area contributed by atoms with Crippen LogP contribution in [0.2, 0.25) is 0 Å². The molecule has 1 fully saturated rings. The van der Waals surface area contributed by atoms with Crippen LogP contribution in [0.4, 0.5) is 0 Å². The van der Waals surface area contributed by atoms with E-state index >= 15 is 0 Å². The lowest BCUT2D eigenvalue weighted by molar-refractivity contribution is -0.906. The van der Waals surface area contributed by atoms with E-state index in [1.165, 1.54) is 0 Å². The molecule has 4 nitrogen and oxygen atoms in total. The second-order valence-corrected chi connectivity index (χ2v) is 4.55. The van der Waals surface area contributed by atoms with E-state index in [1.807, 2.05) is 0 Å². The zero-order valence-electron chi connectivity index (χ0n) is 8.53. The van der Waals surface area contributed by atoms with Crippen molar-refractivity contribution in [2.45, 2.75) is 18.3 Å². The zero-order chi connectivity index (χ0) is 11.3. The summed E-state index contributed by atoms with van der Waals surface area (Å²) in [7, 11) is 0. The van der Waals surface area contributed by atoms with Gasteiger partial charge >= 0.3 is 0 Å². The van der Waals surface area contributed by atoms with E-state index in [2.05, 4.69) is 0 Å². The van der Waals surface area contributed by atoms with E-state index in [9.17, 15) is 10.2 Å². The highest BCUT2D eigenvalue weighted by Crippen LogP contribution is 2.04. The average molecular weight is 259 g/mol. The number of aliphatic hydroxyl groups excluding tert-OH is 2. The summed E-state index contributed by atoms with van der Waals surface area (Å²) < 4.78 is 5.12. The van der Waals surface area contributed by atoms with E-state index in [0.717, 1.165) is 18.1 Å². The van der Waals surface area contributed by atoms with Crippen molar-refractivity contribution in [2.75, 3.05) is 38.0 Å². The molecule has 0 spiro atoms. The molecule has 0 aromatic heterocycles. The fraction of sp³-hybridized carbons (Fsp3) is 1.00. The molecule has 15 heavy (non-hydrogen) atoms. The first-order valence-corrected chi connectivity index (χ1v) is 6.15. The van der Waals surface area contributed by atoms with Crippen LogP contribution >= 0.6 is 23.2 Å². The SMILES string of the molecule is OC(CCl)C[NH+](CC(O)CCl)CC1CO1. The number of epoxide rings is 1. The van der Waals surface area contributed by atoms with Gasteiger partial charge in [0.05, 0.1) is 18.4 Å². The molecular formula is C9H18Cl2NO3+. The molecule has 0 aromatic rings. The normalized spacial score (nSPS) is 26.0. The second kappa shape index (κ2) is 6.89. The zero-order valence-corrected chi connectivity index (χ0v) is 10.0. The highest BCUT2D eigenvalue weighted by Gasteiger charge is 2.30. The third-order valence-electron chi connectivity index (χ3n) is 2.32. The van der Waals surface area contributed by atoms with Crippen LogP contribution in [0.5, 0.6) is 0 Å². The Hall–Kier alpha value is 0.420. The lowest BCUT2D eigenvalue weighted by Crippen LogP contribution is -3.15. The van der Waals surface area contributed by atoms with Crippen LogP contribution < -0.4 is 4.90 Å². The predicted molar refractivity (Wildman–Crippen MR) is 58.8 cm³/mol. The molecule has 1 aliphatic heterocycles. The molecule has 1 heterocycles. The van der Waals surface area contributed by atoms with Crippen molar-refractivity contribution < 1.29 is 19.8 Å². The molecule has 90 valence electrons. The van der Waals surface area contributed by atoms with Gasteiger partial charge in [0, 0.05) is 0 Å². The van der Waals surface area contributed by atoms with Gasteiger partial charge in [0.25, 0.3) is 0 Å². The Labute approximate surface area is 99.7 Å². The Morgan fingerprint density at radius 1 is 1.20 bits per heavy atom. The first-order chi connectivity index (χ1) is 7.15. The van der Waals surface area contributed by atoms with Gasteiger partial charge in [0.2, 0.25) is 0 Å². The summed E-state index contributed by atoms with van der Waals surface area (Å²) >= 11 is 11.1. The van der Waals surface area contributed by atoms with Gasteiger partial charge in [-0.1, -0.05) is 0 Å². The summed E-state index contributed by atoms with van der Waals surface area (Å²) in [6, 6.07) is 0. The maximum atomic E-state index is 9.44. The summed E-state index contributed by atoms with van der Waals surface area (Å²) in [5, 5.41) is 18.9. The van der Waals surface area contributed by atoms with Gasteiger partial charge in [0.1, 0.15) is 37.9 Å². The van der Waals surface area contributed by atoms with Gasteiger partial charge in [-0.25, -0.2) is 0 Å². The molecule has 0 saturated carbocycles. The monoisotopic (exact) mass is 258 g/mol. The standard InChI is InChI=1S/C9H17Cl2NO3/c10-1-7(13)3-12(4-8(14)2-11)5-9-6-15-9/h7-9,13-14H,1-6H2/p+1. The van der Waals surface area contributed by atoms with Crippen molar-refractivity contribution in [1.29, 1.82) is 0 Å². The summed E-state index contributed by atoms with van der Waals surface area (Å²) in [6.07, 6.45) is -0.809. The first-order valence-electron chi connectivity index (χ1n) is 5.09. The average Bonchev–Trinajstić information content (AvgIpc) is 3.01. The third kappa shape index (κ3) is 5.90. The molecule has 3 atom stereocenters. The molecule has 0 amide bonds. The van der Waals surface area contributed by atoms with E-state index in [1.54, 1.807) is 0 Å². The number of alkyl halides is 2. The summed E-state index contributed by atoms with van der Waals surface area (Å²) in [5.74, 6) is 0.429. The predicted octanol–water partition coefficient (Wildman–Crippen LogP) is -1.53. The van der Waals surface area contributed by atoms with Crippen molar-refractivity contribution in [2.24, 2.45) is 0 Å². The van der Waals surface area contributed by atoms with Gasteiger partial charge in [-0.3, -0.25) is 0 Å². The Kier molecular flexibility index (Phi) is 6.19. The largest absolute Gasteiger partial charge is 0.386 e. The topological polar surface area (TPSA) is 57.4 Å². The summed E-state index contributed by atoms with van der Waals surface area (Å²) in [6.45, 7) is 2.62. The number of nitrogens with one attached hydrogen (secondary N) is 1. The van der Waals surface area contributed by atoms with Gasteiger partial charge in [-0.2, -0.15) is 0 Å². The number of quaternary nitrogens is 1. The molecule has 0 radical (unpaired) electrons. The summed E-state index contributed by atoms with van der Waals surface area (Å²) in [4.78, 5) is 1.08. The second-order valence-electron chi connectivity index (χ2n) is 3.93. The molecule has 1 aliphatic rings. The minimum absolute atomic E-state index is 0.214. The molecule has 1 rings (SSSR count). The van der Waals surface area contributed by atoms with Crippen molar-refractivity contribution >= 4 is 23.2 Å². The maximum Gasteiger partial charge on any atom is 0.130 e. The van der Waals surface area contributed by atoms with E-state index < -0.39 is 12.2 Å². The van der Waals surface area contributed by atoms with Gasteiger partial charge in [0.15, 0.2) is 0 Å². The van der Waals surface area contributed by atoms with Crippen molar-refractivity contribution in [1.82, 2.24) is 0 Å². The van der Waals surface area contributed by atoms with Crippen molar-refractivity contribution in [3.63, 3.8) is 0 Å². The van der Waals surface area contributed by atoms with E-state index in [-0.39, 0.29) is 17.9 Å². The lowest BCUT2D eigenvalue weighted by atomic mass is 10.3. The Morgan fingerprint density at radius 3 is 2.00 bits per heavy atom. The van der Waals surface area contributed by atoms with Crippen LogP contribution in [0.3, 0.4) is 0 Å². The lowest BCUT2D eigenvalue weighted by Gasteiger charge is -2.22. The molecular weight excluding hydrogens is 241 g/mol. The maximum absolute atomic E-state index is 9.44. The van der Waals surface area contributed by atoms with Crippen LogP contribution in [0, 0.1) is 0 Å². The van der Waals surface area contributed by atoms with Gasteiger partial charge < -0.3 is 19.8 Å². The number of ether oxygens (including phenoxy) is 1. The van der Waals surface area contributed by atoms with Crippen LogP contribution in [-0.2, 0) is 4.74 Å². The summed E-state index contributed by atoms with van der Waals surface area (Å²) in [5.41, 5.74) is 0. The minimum atomic E-state index is -0.539. The molecule has 6 heteroatoms. The van der Waals surface area contributed by atoms with Crippen molar-refractivity contribution in [3.8, 4) is 0 Å².